The molecule has 2 aromatic rings. The molecular formula is C16H16N2O2. The lowest BCUT2D eigenvalue weighted by Gasteiger charge is -2.09. The number of benzene rings is 1. The maximum atomic E-state index is 12.0. The Labute approximate surface area is 117 Å². The molecule has 1 amide bonds. The smallest absolute Gasteiger partial charge is 0.224 e. The first-order valence-corrected chi connectivity index (χ1v) is 6.77. The molecule has 1 aliphatic rings. The van der Waals surface area contributed by atoms with Crippen molar-refractivity contribution >= 4 is 11.6 Å². The fourth-order valence-electron chi connectivity index (χ4n) is 2.42. The number of hydrogen-bond acceptors (Lipinski definition) is 3. The van der Waals surface area contributed by atoms with E-state index in [1.807, 2.05) is 24.3 Å². The number of hydrogen-bond donors (Lipinski definition) is 1. The molecule has 0 aliphatic heterocycles. The van der Waals surface area contributed by atoms with Gasteiger partial charge >= 0.3 is 0 Å². The summed E-state index contributed by atoms with van der Waals surface area (Å²) in [5.41, 5.74) is 1.69. The molecule has 1 N–H and O–H groups in total. The number of carbonyl (C=O) groups excluding carboxylic acids is 1. The minimum absolute atomic E-state index is 0.0521. The lowest BCUT2D eigenvalue weighted by Crippen LogP contribution is -2.14. The van der Waals surface area contributed by atoms with Gasteiger partial charge in [0.15, 0.2) is 12.2 Å². The maximum Gasteiger partial charge on any atom is 0.224 e. The van der Waals surface area contributed by atoms with E-state index < -0.39 is 0 Å². The second-order valence-corrected chi connectivity index (χ2v) is 4.96. The average molecular weight is 268 g/mol. The summed E-state index contributed by atoms with van der Waals surface area (Å²) >= 11 is 0. The molecule has 1 heterocycles. The zero-order valence-corrected chi connectivity index (χ0v) is 11.1. The predicted octanol–water partition coefficient (Wildman–Crippen LogP) is 3.64. The van der Waals surface area contributed by atoms with Crippen LogP contribution in [0.4, 0.5) is 5.69 Å². The minimum Gasteiger partial charge on any atom is -0.444 e. The van der Waals surface area contributed by atoms with Gasteiger partial charge in [0.05, 0.1) is 6.20 Å². The standard InChI is InChI=1S/C16H16N2O2/c19-16(8-12-4-1-2-5-12)18-14-7-3-6-13(9-14)15-10-17-11-20-15/h1,3-4,6-7,9-12H,2,5,8H2,(H,18,19)/t12-/m1/s1. The van der Waals surface area contributed by atoms with Crippen molar-refractivity contribution in [3.05, 3.63) is 49.0 Å². The third kappa shape index (κ3) is 2.96. The molecule has 20 heavy (non-hydrogen) atoms. The second-order valence-electron chi connectivity index (χ2n) is 4.96. The number of aromatic nitrogens is 1. The topological polar surface area (TPSA) is 55.1 Å². The Balaban J connectivity index is 1.66. The molecule has 1 atom stereocenters. The number of nitrogens with one attached hydrogen (secondary N) is 1. The van der Waals surface area contributed by atoms with Crippen LogP contribution in [0.5, 0.6) is 0 Å². The summed E-state index contributed by atoms with van der Waals surface area (Å²) in [4.78, 5) is 15.9. The molecule has 0 saturated carbocycles. The lowest BCUT2D eigenvalue weighted by molar-refractivity contribution is -0.116. The number of carbonyl (C=O) groups is 1. The second kappa shape index (κ2) is 5.74. The Bertz CT molecular complexity index is 617. The van der Waals surface area contributed by atoms with Crippen molar-refractivity contribution in [3.63, 3.8) is 0 Å². The third-order valence-electron chi connectivity index (χ3n) is 3.42. The van der Waals surface area contributed by atoms with Gasteiger partial charge in [-0.2, -0.15) is 0 Å². The molecule has 0 unspecified atom stereocenters. The van der Waals surface area contributed by atoms with Gasteiger partial charge in [0.1, 0.15) is 0 Å². The molecule has 0 radical (unpaired) electrons. The maximum absolute atomic E-state index is 12.0. The van der Waals surface area contributed by atoms with Crippen LogP contribution in [0.3, 0.4) is 0 Å². The Morgan fingerprint density at radius 3 is 3.15 bits per heavy atom. The number of allylic oxidation sites excluding steroid dienone is 2. The van der Waals surface area contributed by atoms with Gasteiger partial charge in [-0.1, -0.05) is 24.3 Å². The summed E-state index contributed by atoms with van der Waals surface area (Å²) in [5, 5.41) is 2.94. The number of nitrogens with zero attached hydrogens (tertiary/aromatic N) is 1. The summed E-state index contributed by atoms with van der Waals surface area (Å²) < 4.78 is 5.25. The van der Waals surface area contributed by atoms with E-state index in [-0.39, 0.29) is 5.91 Å². The van der Waals surface area contributed by atoms with Crippen molar-refractivity contribution in [1.82, 2.24) is 4.98 Å². The predicted molar refractivity (Wildman–Crippen MR) is 77.0 cm³/mol. The first-order valence-electron chi connectivity index (χ1n) is 6.77. The number of rotatable bonds is 4. The molecule has 3 rings (SSSR count). The highest BCUT2D eigenvalue weighted by Crippen LogP contribution is 2.24. The third-order valence-corrected chi connectivity index (χ3v) is 3.42. The van der Waals surface area contributed by atoms with Gasteiger partial charge < -0.3 is 9.73 Å². The van der Waals surface area contributed by atoms with Crippen LogP contribution in [-0.4, -0.2) is 10.9 Å². The highest BCUT2D eigenvalue weighted by atomic mass is 16.3. The van der Waals surface area contributed by atoms with Gasteiger partial charge in [0, 0.05) is 17.7 Å². The SMILES string of the molecule is O=C(C[C@@H]1C=CCC1)Nc1cccc(-c2cnco2)c1. The van der Waals surface area contributed by atoms with Crippen molar-refractivity contribution < 1.29 is 9.21 Å². The Morgan fingerprint density at radius 1 is 1.45 bits per heavy atom. The van der Waals surface area contributed by atoms with Crippen molar-refractivity contribution in [3.8, 4) is 11.3 Å². The van der Waals surface area contributed by atoms with E-state index in [4.69, 9.17) is 4.42 Å². The Morgan fingerprint density at radius 2 is 2.40 bits per heavy atom. The summed E-state index contributed by atoms with van der Waals surface area (Å²) in [6.45, 7) is 0. The van der Waals surface area contributed by atoms with Crippen LogP contribution in [0.15, 0.2) is 53.4 Å². The molecule has 0 spiro atoms. The summed E-state index contributed by atoms with van der Waals surface area (Å²) in [6.07, 6.45) is 10.0. The first-order chi connectivity index (χ1) is 9.81. The number of amides is 1. The van der Waals surface area contributed by atoms with E-state index in [1.165, 1.54) is 6.39 Å². The fourth-order valence-corrected chi connectivity index (χ4v) is 2.42. The minimum atomic E-state index is 0.0521. The van der Waals surface area contributed by atoms with Gasteiger partial charge in [-0.25, -0.2) is 4.98 Å². The Hall–Kier alpha value is -2.36. The normalized spacial score (nSPS) is 17.3. The Kier molecular flexibility index (Phi) is 3.63. The summed E-state index contributed by atoms with van der Waals surface area (Å²) in [5.74, 6) is 1.13. The number of anilines is 1. The van der Waals surface area contributed by atoms with Crippen LogP contribution in [0.1, 0.15) is 19.3 Å². The molecule has 4 heteroatoms. The van der Waals surface area contributed by atoms with Crippen LogP contribution >= 0.6 is 0 Å². The molecule has 1 aliphatic carbocycles. The average Bonchev–Trinajstić information content (AvgIpc) is 3.11. The quantitative estimate of drug-likeness (QED) is 0.861. The van der Waals surface area contributed by atoms with Gasteiger partial charge in [-0.05, 0) is 30.9 Å². The first kappa shape index (κ1) is 12.7. The molecule has 0 bridgehead atoms. The van der Waals surface area contributed by atoms with Gasteiger partial charge in [0.2, 0.25) is 5.91 Å². The van der Waals surface area contributed by atoms with E-state index in [9.17, 15) is 4.79 Å². The number of oxazole rings is 1. The van der Waals surface area contributed by atoms with E-state index in [0.717, 1.165) is 24.1 Å². The zero-order chi connectivity index (χ0) is 13.8. The molecular weight excluding hydrogens is 252 g/mol. The van der Waals surface area contributed by atoms with E-state index in [1.54, 1.807) is 6.20 Å². The van der Waals surface area contributed by atoms with Gasteiger partial charge in [-0.15, -0.1) is 0 Å². The molecule has 1 aromatic carbocycles. The van der Waals surface area contributed by atoms with E-state index in [2.05, 4.69) is 22.5 Å². The van der Waals surface area contributed by atoms with Crippen molar-refractivity contribution in [2.75, 3.05) is 5.32 Å². The summed E-state index contributed by atoms with van der Waals surface area (Å²) in [6, 6.07) is 7.59. The van der Waals surface area contributed by atoms with Crippen molar-refractivity contribution in [1.29, 1.82) is 0 Å². The highest BCUT2D eigenvalue weighted by molar-refractivity contribution is 5.91. The van der Waals surface area contributed by atoms with Gasteiger partial charge in [-0.3, -0.25) is 4.79 Å². The fraction of sp³-hybridized carbons (Fsp3) is 0.250. The molecule has 4 nitrogen and oxygen atoms in total. The molecule has 0 saturated heterocycles. The molecule has 0 fully saturated rings. The zero-order valence-electron chi connectivity index (χ0n) is 11.1. The van der Waals surface area contributed by atoms with Crippen LogP contribution < -0.4 is 5.32 Å². The highest BCUT2D eigenvalue weighted by Gasteiger charge is 2.14. The largest absolute Gasteiger partial charge is 0.444 e. The monoisotopic (exact) mass is 268 g/mol. The van der Waals surface area contributed by atoms with Crippen LogP contribution in [0, 0.1) is 5.92 Å². The lowest BCUT2D eigenvalue weighted by atomic mass is 10.0. The van der Waals surface area contributed by atoms with Crippen LogP contribution in [0.25, 0.3) is 11.3 Å². The van der Waals surface area contributed by atoms with E-state index >= 15 is 0 Å². The van der Waals surface area contributed by atoms with Crippen LogP contribution in [-0.2, 0) is 4.79 Å². The van der Waals surface area contributed by atoms with Crippen LogP contribution in [0.2, 0.25) is 0 Å². The van der Waals surface area contributed by atoms with E-state index in [0.29, 0.717) is 18.1 Å². The molecule has 1 aromatic heterocycles. The molecule has 102 valence electrons. The van der Waals surface area contributed by atoms with Gasteiger partial charge in [0.25, 0.3) is 0 Å². The van der Waals surface area contributed by atoms with Crippen molar-refractivity contribution in [2.24, 2.45) is 5.92 Å². The van der Waals surface area contributed by atoms with Crippen molar-refractivity contribution in [2.45, 2.75) is 19.3 Å². The summed E-state index contributed by atoms with van der Waals surface area (Å²) in [7, 11) is 0.